The average molecular weight is 262 g/mol. The molecule has 2 aromatic rings. The number of ether oxygens (including phenoxy) is 2. The minimum atomic E-state index is -0.504. The van der Waals surface area contributed by atoms with Gasteiger partial charge in [-0.25, -0.2) is 0 Å². The minimum absolute atomic E-state index is 0.0547. The van der Waals surface area contributed by atoms with Crippen molar-refractivity contribution in [1.82, 2.24) is 0 Å². The first-order valence-corrected chi connectivity index (χ1v) is 6.72. The van der Waals surface area contributed by atoms with E-state index in [1.54, 1.807) is 18.4 Å². The molecule has 1 aliphatic heterocycles. The molecular formula is C14H14O3S. The van der Waals surface area contributed by atoms with Crippen molar-refractivity contribution in [1.29, 1.82) is 0 Å². The fourth-order valence-corrected chi connectivity index (χ4v) is 2.97. The van der Waals surface area contributed by atoms with Gasteiger partial charge in [-0.05, 0) is 29.6 Å². The number of thiophene rings is 1. The molecular weight excluding hydrogens is 248 g/mol. The van der Waals surface area contributed by atoms with Crippen LogP contribution in [0.3, 0.4) is 0 Å². The molecule has 1 aromatic heterocycles. The van der Waals surface area contributed by atoms with E-state index in [1.807, 2.05) is 35.7 Å². The summed E-state index contributed by atoms with van der Waals surface area (Å²) >= 11 is 1.65. The van der Waals surface area contributed by atoms with E-state index in [2.05, 4.69) is 0 Å². The molecule has 0 amide bonds. The van der Waals surface area contributed by atoms with E-state index in [4.69, 9.17) is 9.47 Å². The summed E-state index contributed by atoms with van der Waals surface area (Å²) in [6.07, 6.45) is 0.0255. The third-order valence-corrected chi connectivity index (χ3v) is 4.11. The fourth-order valence-electron chi connectivity index (χ4n) is 2.20. The van der Waals surface area contributed by atoms with Crippen LogP contribution in [0.15, 0.2) is 35.7 Å². The standard InChI is InChI=1S/C14H14O3S/c1-16-9-4-5-12-10(7-9)11(15)8-13(17-12)14-3-2-6-18-14/h2-7,11,13,15H,8H2,1H3/t11-,13?/m0/s1. The van der Waals surface area contributed by atoms with Crippen molar-refractivity contribution < 1.29 is 14.6 Å². The first kappa shape index (κ1) is 11.6. The van der Waals surface area contributed by atoms with Gasteiger partial charge in [0.2, 0.25) is 0 Å². The minimum Gasteiger partial charge on any atom is -0.497 e. The third-order valence-electron chi connectivity index (χ3n) is 3.14. The molecule has 1 N–H and O–H groups in total. The van der Waals surface area contributed by atoms with Crippen LogP contribution < -0.4 is 9.47 Å². The molecule has 0 spiro atoms. The second-order valence-electron chi connectivity index (χ2n) is 4.28. The third kappa shape index (κ3) is 1.98. The van der Waals surface area contributed by atoms with Gasteiger partial charge in [-0.15, -0.1) is 11.3 Å². The van der Waals surface area contributed by atoms with Crippen LogP contribution in [0.4, 0.5) is 0 Å². The largest absolute Gasteiger partial charge is 0.497 e. The summed E-state index contributed by atoms with van der Waals surface area (Å²) in [7, 11) is 1.62. The molecule has 1 unspecified atom stereocenters. The molecule has 3 rings (SSSR count). The fraction of sp³-hybridized carbons (Fsp3) is 0.286. The van der Waals surface area contributed by atoms with Crippen molar-refractivity contribution in [2.24, 2.45) is 0 Å². The number of aliphatic hydroxyl groups is 1. The van der Waals surface area contributed by atoms with Gasteiger partial charge in [0.05, 0.1) is 13.2 Å². The van der Waals surface area contributed by atoms with Crippen LogP contribution in [0.2, 0.25) is 0 Å². The van der Waals surface area contributed by atoms with E-state index in [-0.39, 0.29) is 6.10 Å². The molecule has 18 heavy (non-hydrogen) atoms. The Morgan fingerprint density at radius 3 is 3.00 bits per heavy atom. The molecule has 0 bridgehead atoms. The molecule has 3 nitrogen and oxygen atoms in total. The maximum atomic E-state index is 10.2. The Labute approximate surface area is 110 Å². The number of benzene rings is 1. The van der Waals surface area contributed by atoms with Crippen LogP contribution in [0, 0.1) is 0 Å². The van der Waals surface area contributed by atoms with E-state index in [1.165, 1.54) is 0 Å². The number of methoxy groups -OCH3 is 1. The molecule has 2 heterocycles. The quantitative estimate of drug-likeness (QED) is 0.902. The smallest absolute Gasteiger partial charge is 0.136 e. The summed E-state index contributed by atoms with van der Waals surface area (Å²) in [6, 6.07) is 9.58. The highest BCUT2D eigenvalue weighted by atomic mass is 32.1. The van der Waals surface area contributed by atoms with Crippen molar-refractivity contribution in [2.45, 2.75) is 18.6 Å². The van der Waals surface area contributed by atoms with E-state index < -0.39 is 6.10 Å². The van der Waals surface area contributed by atoms with Gasteiger partial charge in [0.25, 0.3) is 0 Å². The number of fused-ring (bicyclic) bond motifs is 1. The summed E-state index contributed by atoms with van der Waals surface area (Å²) < 4.78 is 11.1. The molecule has 1 aromatic carbocycles. The average Bonchev–Trinajstić information content (AvgIpc) is 2.92. The zero-order valence-electron chi connectivity index (χ0n) is 10.00. The van der Waals surface area contributed by atoms with Crippen LogP contribution >= 0.6 is 11.3 Å². The monoisotopic (exact) mass is 262 g/mol. The molecule has 1 aliphatic rings. The SMILES string of the molecule is COc1ccc2c(c1)[C@@H](O)CC(c1cccs1)O2. The Balaban J connectivity index is 1.93. The van der Waals surface area contributed by atoms with E-state index in [0.717, 1.165) is 21.9 Å². The Hall–Kier alpha value is -1.52. The van der Waals surface area contributed by atoms with Crippen LogP contribution in [0.5, 0.6) is 11.5 Å². The summed E-state index contributed by atoms with van der Waals surface area (Å²) in [5.74, 6) is 1.49. The molecule has 0 fully saturated rings. The van der Waals surface area contributed by atoms with Crippen LogP contribution in [0.1, 0.15) is 29.1 Å². The van der Waals surface area contributed by atoms with Gasteiger partial charge >= 0.3 is 0 Å². The van der Waals surface area contributed by atoms with Crippen molar-refractivity contribution in [3.05, 3.63) is 46.2 Å². The zero-order chi connectivity index (χ0) is 12.5. The summed E-state index contributed by atoms with van der Waals surface area (Å²) in [4.78, 5) is 1.15. The van der Waals surface area contributed by atoms with Gasteiger partial charge in [0.15, 0.2) is 0 Å². The molecule has 0 radical (unpaired) electrons. The van der Waals surface area contributed by atoms with Crippen molar-refractivity contribution in [2.75, 3.05) is 7.11 Å². The van der Waals surface area contributed by atoms with E-state index in [9.17, 15) is 5.11 Å². The summed E-state index contributed by atoms with van der Waals surface area (Å²) in [5.41, 5.74) is 0.808. The Morgan fingerprint density at radius 1 is 1.39 bits per heavy atom. The predicted molar refractivity (Wildman–Crippen MR) is 70.3 cm³/mol. The summed E-state index contributed by atoms with van der Waals surface area (Å²) in [5, 5.41) is 12.2. The van der Waals surface area contributed by atoms with Gasteiger partial charge in [-0.1, -0.05) is 6.07 Å². The topological polar surface area (TPSA) is 38.7 Å². The lowest BCUT2D eigenvalue weighted by Gasteiger charge is -2.29. The van der Waals surface area contributed by atoms with Crippen molar-refractivity contribution >= 4 is 11.3 Å². The van der Waals surface area contributed by atoms with Gasteiger partial charge in [-0.2, -0.15) is 0 Å². The van der Waals surface area contributed by atoms with Crippen LogP contribution in [0.25, 0.3) is 0 Å². The lowest BCUT2D eigenvalue weighted by molar-refractivity contribution is 0.0671. The molecule has 94 valence electrons. The first-order valence-electron chi connectivity index (χ1n) is 5.84. The highest BCUT2D eigenvalue weighted by Gasteiger charge is 2.28. The Morgan fingerprint density at radius 2 is 2.28 bits per heavy atom. The predicted octanol–water partition coefficient (Wildman–Crippen LogP) is 3.31. The molecule has 0 saturated heterocycles. The van der Waals surface area contributed by atoms with E-state index >= 15 is 0 Å². The van der Waals surface area contributed by atoms with Crippen molar-refractivity contribution in [3.63, 3.8) is 0 Å². The van der Waals surface area contributed by atoms with Gasteiger partial charge in [-0.3, -0.25) is 0 Å². The van der Waals surface area contributed by atoms with Crippen molar-refractivity contribution in [3.8, 4) is 11.5 Å². The second kappa shape index (κ2) is 4.63. The number of hydrogen-bond acceptors (Lipinski definition) is 4. The lowest BCUT2D eigenvalue weighted by Crippen LogP contribution is -2.18. The Kier molecular flexibility index (Phi) is 2.97. The van der Waals surface area contributed by atoms with Gasteiger partial charge in [0, 0.05) is 16.9 Å². The van der Waals surface area contributed by atoms with E-state index in [0.29, 0.717) is 6.42 Å². The molecule has 4 heteroatoms. The first-order chi connectivity index (χ1) is 8.78. The lowest BCUT2D eigenvalue weighted by atomic mass is 9.98. The normalized spacial score (nSPS) is 22.1. The zero-order valence-corrected chi connectivity index (χ0v) is 10.8. The maximum absolute atomic E-state index is 10.2. The number of rotatable bonds is 2. The highest BCUT2D eigenvalue weighted by Crippen LogP contribution is 2.42. The maximum Gasteiger partial charge on any atom is 0.136 e. The molecule has 0 aliphatic carbocycles. The van der Waals surface area contributed by atoms with Gasteiger partial charge < -0.3 is 14.6 Å². The molecule has 0 saturated carbocycles. The molecule has 2 atom stereocenters. The second-order valence-corrected chi connectivity index (χ2v) is 5.26. The van der Waals surface area contributed by atoms with Crippen LogP contribution in [-0.4, -0.2) is 12.2 Å². The van der Waals surface area contributed by atoms with Crippen LogP contribution in [-0.2, 0) is 0 Å². The Bertz CT molecular complexity index is 536. The van der Waals surface area contributed by atoms with Gasteiger partial charge in [0.1, 0.15) is 17.6 Å². The number of aliphatic hydroxyl groups excluding tert-OH is 1. The summed E-state index contributed by atoms with van der Waals surface area (Å²) in [6.45, 7) is 0. The highest BCUT2D eigenvalue weighted by molar-refractivity contribution is 7.10. The number of hydrogen-bond donors (Lipinski definition) is 1.